The molecule has 0 aliphatic heterocycles. The second-order valence-corrected chi connectivity index (χ2v) is 7.32. The summed E-state index contributed by atoms with van der Waals surface area (Å²) in [7, 11) is 0. The predicted molar refractivity (Wildman–Crippen MR) is 100 cm³/mol. The van der Waals surface area contributed by atoms with E-state index in [4.69, 9.17) is 4.74 Å². The number of para-hydroxylation sites is 1. The third-order valence-corrected chi connectivity index (χ3v) is 5.52. The number of ketones is 1. The normalized spacial score (nSPS) is 24.8. The molecular formula is C22H23NO3. The maximum atomic E-state index is 12.6. The van der Waals surface area contributed by atoms with Crippen molar-refractivity contribution in [3.8, 4) is 11.5 Å². The summed E-state index contributed by atoms with van der Waals surface area (Å²) in [6.07, 6.45) is 4.43. The zero-order valence-electron chi connectivity index (χ0n) is 14.7. The van der Waals surface area contributed by atoms with E-state index in [2.05, 4.69) is 5.32 Å². The average Bonchev–Trinajstić information content (AvgIpc) is 2.64. The van der Waals surface area contributed by atoms with Crippen LogP contribution in [0.25, 0.3) is 0 Å². The zero-order valence-corrected chi connectivity index (χ0v) is 14.7. The first-order valence-electron chi connectivity index (χ1n) is 9.36. The third kappa shape index (κ3) is 3.64. The smallest absolute Gasteiger partial charge is 0.227 e. The van der Waals surface area contributed by atoms with Crippen LogP contribution < -0.4 is 10.1 Å². The molecule has 1 unspecified atom stereocenters. The van der Waals surface area contributed by atoms with Crippen molar-refractivity contribution in [3.05, 3.63) is 54.6 Å². The Morgan fingerprint density at radius 3 is 2.15 bits per heavy atom. The highest BCUT2D eigenvalue weighted by atomic mass is 16.5. The molecule has 2 fully saturated rings. The molecule has 2 saturated carbocycles. The van der Waals surface area contributed by atoms with Crippen LogP contribution in [0.1, 0.15) is 32.1 Å². The number of hydrogen-bond acceptors (Lipinski definition) is 3. The number of hydrogen-bond donors (Lipinski definition) is 1. The van der Waals surface area contributed by atoms with E-state index in [9.17, 15) is 9.59 Å². The molecule has 0 heterocycles. The largest absolute Gasteiger partial charge is 0.457 e. The molecule has 3 atom stereocenters. The second kappa shape index (κ2) is 7.32. The van der Waals surface area contributed by atoms with Crippen LogP contribution in [0.15, 0.2) is 54.6 Å². The Kier molecular flexibility index (Phi) is 4.74. The summed E-state index contributed by atoms with van der Waals surface area (Å²) >= 11 is 0. The monoisotopic (exact) mass is 349 g/mol. The minimum Gasteiger partial charge on any atom is -0.457 e. The number of rotatable bonds is 4. The number of nitrogens with one attached hydrogen (secondary N) is 1. The molecule has 2 aromatic carbocycles. The van der Waals surface area contributed by atoms with Gasteiger partial charge in [-0.15, -0.1) is 0 Å². The molecule has 2 aliphatic rings. The Bertz CT molecular complexity index is 769. The summed E-state index contributed by atoms with van der Waals surface area (Å²) in [5.74, 6) is 2.08. The summed E-state index contributed by atoms with van der Waals surface area (Å²) in [6, 6.07) is 17.0. The number of ether oxygens (including phenoxy) is 1. The minimum absolute atomic E-state index is 0.0335. The van der Waals surface area contributed by atoms with Crippen molar-refractivity contribution in [3.63, 3.8) is 0 Å². The maximum Gasteiger partial charge on any atom is 0.227 e. The highest BCUT2D eigenvalue weighted by molar-refractivity contribution is 5.95. The van der Waals surface area contributed by atoms with Crippen LogP contribution in [0.2, 0.25) is 0 Å². The Morgan fingerprint density at radius 2 is 1.50 bits per heavy atom. The number of amides is 1. The van der Waals surface area contributed by atoms with Crippen LogP contribution in [0.4, 0.5) is 5.69 Å². The molecule has 0 saturated heterocycles. The lowest BCUT2D eigenvalue weighted by Gasteiger charge is -2.36. The van der Waals surface area contributed by atoms with Gasteiger partial charge < -0.3 is 10.1 Å². The van der Waals surface area contributed by atoms with E-state index in [-0.39, 0.29) is 23.7 Å². The van der Waals surface area contributed by atoms with Crippen molar-refractivity contribution in [2.24, 2.45) is 17.8 Å². The van der Waals surface area contributed by atoms with Gasteiger partial charge in [0.2, 0.25) is 5.91 Å². The minimum atomic E-state index is -0.0526. The summed E-state index contributed by atoms with van der Waals surface area (Å²) in [5.41, 5.74) is 0.762. The molecule has 26 heavy (non-hydrogen) atoms. The highest BCUT2D eigenvalue weighted by Crippen LogP contribution is 2.40. The first-order chi connectivity index (χ1) is 12.7. The summed E-state index contributed by atoms with van der Waals surface area (Å²) in [4.78, 5) is 24.8. The van der Waals surface area contributed by atoms with E-state index in [0.29, 0.717) is 18.6 Å². The first-order valence-corrected chi connectivity index (χ1v) is 9.36. The topological polar surface area (TPSA) is 55.4 Å². The summed E-state index contributed by atoms with van der Waals surface area (Å²) in [6.45, 7) is 0. The Labute approximate surface area is 153 Å². The summed E-state index contributed by atoms with van der Waals surface area (Å²) in [5, 5.41) is 3.00. The standard InChI is InChI=1S/C22H23NO3/c24-21-15-5-4-6-16(21)14-17(13-15)22(25)23-18-9-11-20(12-10-18)26-19-7-2-1-3-8-19/h1-3,7-12,15-17H,4-6,13-14H2,(H,23,25)/t15-,16+,17?. The molecule has 2 aromatic rings. The van der Waals surface area contributed by atoms with Crippen LogP contribution in [0.3, 0.4) is 0 Å². The van der Waals surface area contributed by atoms with Gasteiger partial charge in [-0.25, -0.2) is 0 Å². The van der Waals surface area contributed by atoms with Crippen molar-refractivity contribution in [1.82, 2.24) is 0 Å². The second-order valence-electron chi connectivity index (χ2n) is 7.32. The van der Waals surface area contributed by atoms with Crippen molar-refractivity contribution >= 4 is 17.4 Å². The van der Waals surface area contributed by atoms with Gasteiger partial charge in [-0.3, -0.25) is 9.59 Å². The van der Waals surface area contributed by atoms with E-state index in [1.165, 1.54) is 0 Å². The fourth-order valence-corrected chi connectivity index (χ4v) is 4.17. The molecule has 134 valence electrons. The molecule has 2 bridgehead atoms. The van der Waals surface area contributed by atoms with Crippen molar-refractivity contribution in [1.29, 1.82) is 0 Å². The van der Waals surface area contributed by atoms with Crippen LogP contribution in [0, 0.1) is 17.8 Å². The van der Waals surface area contributed by atoms with E-state index < -0.39 is 0 Å². The lowest BCUT2D eigenvalue weighted by atomic mass is 9.67. The van der Waals surface area contributed by atoms with Gasteiger partial charge in [0.15, 0.2) is 0 Å². The van der Waals surface area contributed by atoms with Gasteiger partial charge in [-0.05, 0) is 62.1 Å². The fraction of sp³-hybridized carbons (Fsp3) is 0.364. The molecule has 2 aliphatic carbocycles. The quantitative estimate of drug-likeness (QED) is 0.861. The van der Waals surface area contributed by atoms with Crippen molar-refractivity contribution in [2.45, 2.75) is 32.1 Å². The number of benzene rings is 2. The van der Waals surface area contributed by atoms with E-state index in [0.717, 1.165) is 36.4 Å². The van der Waals surface area contributed by atoms with Crippen LogP contribution >= 0.6 is 0 Å². The Balaban J connectivity index is 1.36. The predicted octanol–water partition coefficient (Wildman–Crippen LogP) is 4.81. The van der Waals surface area contributed by atoms with E-state index in [1.54, 1.807) is 0 Å². The molecule has 0 radical (unpaired) electrons. The van der Waals surface area contributed by atoms with Gasteiger partial charge in [-0.1, -0.05) is 24.6 Å². The zero-order chi connectivity index (χ0) is 17.9. The number of carbonyl (C=O) groups is 2. The van der Waals surface area contributed by atoms with E-state index in [1.807, 2.05) is 54.6 Å². The highest BCUT2D eigenvalue weighted by Gasteiger charge is 2.41. The lowest BCUT2D eigenvalue weighted by molar-refractivity contribution is -0.136. The van der Waals surface area contributed by atoms with Gasteiger partial charge in [0.25, 0.3) is 0 Å². The van der Waals surface area contributed by atoms with Gasteiger partial charge in [-0.2, -0.15) is 0 Å². The number of carbonyl (C=O) groups excluding carboxylic acids is 2. The molecule has 0 spiro atoms. The lowest BCUT2D eigenvalue weighted by Crippen LogP contribution is -2.40. The molecule has 4 rings (SSSR count). The van der Waals surface area contributed by atoms with E-state index >= 15 is 0 Å². The molecule has 0 aromatic heterocycles. The molecule has 4 nitrogen and oxygen atoms in total. The van der Waals surface area contributed by atoms with Crippen LogP contribution in [0.5, 0.6) is 11.5 Å². The number of fused-ring (bicyclic) bond motifs is 2. The van der Waals surface area contributed by atoms with Crippen LogP contribution in [-0.2, 0) is 9.59 Å². The maximum absolute atomic E-state index is 12.6. The average molecular weight is 349 g/mol. The fourth-order valence-electron chi connectivity index (χ4n) is 4.17. The number of anilines is 1. The van der Waals surface area contributed by atoms with Crippen molar-refractivity contribution < 1.29 is 14.3 Å². The molecular weight excluding hydrogens is 326 g/mol. The number of Topliss-reactive ketones (excluding diaryl/α,β-unsaturated/α-hetero) is 1. The van der Waals surface area contributed by atoms with Gasteiger partial charge in [0.1, 0.15) is 17.3 Å². The first kappa shape index (κ1) is 16.8. The molecule has 1 N–H and O–H groups in total. The Morgan fingerprint density at radius 1 is 0.885 bits per heavy atom. The van der Waals surface area contributed by atoms with Crippen molar-refractivity contribution in [2.75, 3.05) is 5.32 Å². The van der Waals surface area contributed by atoms with Gasteiger partial charge >= 0.3 is 0 Å². The molecule has 1 amide bonds. The Hall–Kier alpha value is -2.62. The summed E-state index contributed by atoms with van der Waals surface area (Å²) < 4.78 is 5.77. The van der Waals surface area contributed by atoms with Gasteiger partial charge in [0, 0.05) is 23.4 Å². The van der Waals surface area contributed by atoms with Crippen LogP contribution in [-0.4, -0.2) is 11.7 Å². The SMILES string of the molecule is O=C(Nc1ccc(Oc2ccccc2)cc1)C1C[C@H]2CCC[C@@H](C1)C2=O. The van der Waals surface area contributed by atoms with Gasteiger partial charge in [0.05, 0.1) is 0 Å². The molecule has 4 heteroatoms. The third-order valence-electron chi connectivity index (χ3n) is 5.52.